The van der Waals surface area contributed by atoms with Gasteiger partial charge in [-0.3, -0.25) is 0 Å². The van der Waals surface area contributed by atoms with E-state index in [1.807, 2.05) is 0 Å². The van der Waals surface area contributed by atoms with Crippen LogP contribution in [-0.2, 0) is 0 Å². The maximum absolute atomic E-state index is 9.41. The van der Waals surface area contributed by atoms with E-state index in [4.69, 9.17) is 0 Å². The third-order valence-corrected chi connectivity index (χ3v) is 1.71. The highest BCUT2D eigenvalue weighted by atomic mass is 16.3. The highest BCUT2D eigenvalue weighted by molar-refractivity contribution is 5.14. The van der Waals surface area contributed by atoms with Crippen LogP contribution in [-0.4, -0.2) is 18.2 Å². The molecule has 0 radical (unpaired) electrons. The summed E-state index contributed by atoms with van der Waals surface area (Å²) in [6.45, 7) is 7.89. The van der Waals surface area contributed by atoms with Gasteiger partial charge in [-0.25, -0.2) is 0 Å². The third kappa shape index (κ3) is 1.79. The van der Waals surface area contributed by atoms with E-state index in [0.717, 1.165) is 18.8 Å². The van der Waals surface area contributed by atoms with Gasteiger partial charge < -0.3 is 15.7 Å². The van der Waals surface area contributed by atoms with Crippen molar-refractivity contribution in [1.82, 2.24) is 10.6 Å². The van der Waals surface area contributed by atoms with Crippen molar-refractivity contribution in [3.63, 3.8) is 0 Å². The van der Waals surface area contributed by atoms with Gasteiger partial charge in [-0.15, -0.1) is 0 Å². The largest absolute Gasteiger partial charge is 0.494 e. The summed E-state index contributed by atoms with van der Waals surface area (Å²) in [7, 11) is 0. The second-order valence-electron chi connectivity index (χ2n) is 3.83. The van der Waals surface area contributed by atoms with Gasteiger partial charge in [-0.2, -0.15) is 0 Å². The molecule has 0 saturated heterocycles. The van der Waals surface area contributed by atoms with Crippen LogP contribution in [0.5, 0.6) is 0 Å². The lowest BCUT2D eigenvalue weighted by Gasteiger charge is -2.29. The molecule has 0 atom stereocenters. The van der Waals surface area contributed by atoms with Crippen LogP contribution in [0.4, 0.5) is 0 Å². The molecule has 3 nitrogen and oxygen atoms in total. The van der Waals surface area contributed by atoms with Gasteiger partial charge >= 0.3 is 0 Å². The van der Waals surface area contributed by atoms with E-state index in [1.54, 1.807) is 0 Å². The molecule has 0 aliphatic carbocycles. The number of aliphatic hydroxyl groups is 1. The lowest BCUT2D eigenvalue weighted by molar-refractivity contribution is 0.302. The number of allylic oxidation sites excluding steroid dienone is 1. The molecular weight excluding hydrogens is 140 g/mol. The van der Waals surface area contributed by atoms with Crippen molar-refractivity contribution in [2.45, 2.75) is 20.8 Å². The molecule has 0 aromatic rings. The van der Waals surface area contributed by atoms with E-state index in [9.17, 15) is 5.11 Å². The van der Waals surface area contributed by atoms with Gasteiger partial charge in [0, 0.05) is 18.5 Å². The molecule has 1 rings (SSSR count). The smallest absolute Gasteiger partial charge is 0.204 e. The molecule has 3 heteroatoms. The van der Waals surface area contributed by atoms with Gasteiger partial charge in [0.1, 0.15) is 0 Å². The van der Waals surface area contributed by atoms with E-state index in [-0.39, 0.29) is 5.41 Å². The Labute approximate surface area is 67.5 Å². The Morgan fingerprint density at radius 3 is 2.09 bits per heavy atom. The predicted molar refractivity (Wildman–Crippen MR) is 45.1 cm³/mol. The van der Waals surface area contributed by atoms with Crippen LogP contribution in [0.25, 0.3) is 0 Å². The summed E-state index contributed by atoms with van der Waals surface area (Å²) in [5.74, 6) is 0.295. The average Bonchev–Trinajstić information content (AvgIpc) is 1.86. The maximum atomic E-state index is 9.41. The van der Waals surface area contributed by atoms with Gasteiger partial charge in [0.15, 0.2) is 0 Å². The SMILES string of the molecule is CC(C)(C)C1=C(O)NCCN1. The molecule has 0 aromatic carbocycles. The van der Waals surface area contributed by atoms with E-state index in [2.05, 4.69) is 31.4 Å². The summed E-state index contributed by atoms with van der Waals surface area (Å²) in [6.07, 6.45) is 0. The highest BCUT2D eigenvalue weighted by Gasteiger charge is 2.23. The van der Waals surface area contributed by atoms with Crippen molar-refractivity contribution in [1.29, 1.82) is 0 Å². The van der Waals surface area contributed by atoms with Gasteiger partial charge in [-0.05, 0) is 0 Å². The zero-order valence-electron chi connectivity index (χ0n) is 7.36. The summed E-state index contributed by atoms with van der Waals surface area (Å²) < 4.78 is 0. The van der Waals surface area contributed by atoms with Crippen molar-refractivity contribution in [3.8, 4) is 0 Å². The molecule has 0 saturated carbocycles. The number of rotatable bonds is 0. The predicted octanol–water partition coefficient (Wildman–Crippen LogP) is 0.952. The highest BCUT2D eigenvalue weighted by Crippen LogP contribution is 2.24. The van der Waals surface area contributed by atoms with E-state index < -0.39 is 0 Å². The van der Waals surface area contributed by atoms with Crippen LogP contribution in [0.1, 0.15) is 20.8 Å². The molecule has 0 unspecified atom stereocenters. The molecule has 0 bridgehead atoms. The lowest BCUT2D eigenvalue weighted by Crippen LogP contribution is -2.39. The number of hydrogen-bond donors (Lipinski definition) is 3. The normalized spacial score (nSPS) is 19.2. The van der Waals surface area contributed by atoms with Crippen LogP contribution in [0.15, 0.2) is 11.6 Å². The maximum Gasteiger partial charge on any atom is 0.204 e. The summed E-state index contributed by atoms with van der Waals surface area (Å²) in [6, 6.07) is 0. The molecule has 3 N–H and O–H groups in total. The van der Waals surface area contributed by atoms with Crippen LogP contribution in [0.3, 0.4) is 0 Å². The first-order valence-corrected chi connectivity index (χ1v) is 3.93. The first-order valence-electron chi connectivity index (χ1n) is 3.93. The van der Waals surface area contributed by atoms with Crippen molar-refractivity contribution >= 4 is 0 Å². The van der Waals surface area contributed by atoms with Crippen LogP contribution in [0.2, 0.25) is 0 Å². The zero-order chi connectivity index (χ0) is 8.48. The van der Waals surface area contributed by atoms with E-state index in [1.165, 1.54) is 0 Å². The molecule has 0 fully saturated rings. The quantitative estimate of drug-likeness (QED) is 0.489. The number of aliphatic hydroxyl groups excluding tert-OH is 1. The van der Waals surface area contributed by atoms with Gasteiger partial charge in [-0.1, -0.05) is 20.8 Å². The number of nitrogens with one attached hydrogen (secondary N) is 2. The molecule has 1 aliphatic heterocycles. The summed E-state index contributed by atoms with van der Waals surface area (Å²) in [5.41, 5.74) is 0.904. The zero-order valence-corrected chi connectivity index (χ0v) is 7.36. The van der Waals surface area contributed by atoms with E-state index >= 15 is 0 Å². The van der Waals surface area contributed by atoms with Gasteiger partial charge in [0.05, 0.1) is 5.70 Å². The minimum atomic E-state index is -0.00248. The minimum Gasteiger partial charge on any atom is -0.494 e. The van der Waals surface area contributed by atoms with Crippen LogP contribution >= 0.6 is 0 Å². The van der Waals surface area contributed by atoms with Crippen LogP contribution in [0, 0.1) is 5.41 Å². The monoisotopic (exact) mass is 156 g/mol. The Balaban J connectivity index is 2.83. The Bertz CT molecular complexity index is 179. The third-order valence-electron chi connectivity index (χ3n) is 1.71. The lowest BCUT2D eigenvalue weighted by atomic mass is 9.91. The molecule has 0 spiro atoms. The van der Waals surface area contributed by atoms with Gasteiger partial charge in [0.25, 0.3) is 0 Å². The Morgan fingerprint density at radius 2 is 1.73 bits per heavy atom. The molecule has 0 amide bonds. The van der Waals surface area contributed by atoms with Crippen molar-refractivity contribution in [3.05, 3.63) is 11.6 Å². The van der Waals surface area contributed by atoms with E-state index in [0.29, 0.717) is 5.88 Å². The van der Waals surface area contributed by atoms with Crippen molar-refractivity contribution in [2.24, 2.45) is 5.41 Å². The van der Waals surface area contributed by atoms with Crippen molar-refractivity contribution in [2.75, 3.05) is 13.1 Å². The fourth-order valence-corrected chi connectivity index (χ4v) is 1.16. The summed E-state index contributed by atoms with van der Waals surface area (Å²) in [4.78, 5) is 0. The standard InChI is InChI=1S/C8H16N2O/c1-8(2,3)6-7(11)10-5-4-9-6/h9-11H,4-5H2,1-3H3. The Morgan fingerprint density at radius 1 is 1.18 bits per heavy atom. The molecule has 0 aromatic heterocycles. The van der Waals surface area contributed by atoms with Crippen LogP contribution < -0.4 is 10.6 Å². The average molecular weight is 156 g/mol. The summed E-state index contributed by atoms with van der Waals surface area (Å²) in [5, 5.41) is 15.5. The first-order chi connectivity index (χ1) is 5.02. The van der Waals surface area contributed by atoms with Gasteiger partial charge in [0.2, 0.25) is 5.88 Å². The molecule has 1 heterocycles. The fourth-order valence-electron chi connectivity index (χ4n) is 1.16. The summed E-state index contributed by atoms with van der Waals surface area (Å²) >= 11 is 0. The number of hydrogen-bond acceptors (Lipinski definition) is 3. The minimum absolute atomic E-state index is 0.00248. The second-order valence-corrected chi connectivity index (χ2v) is 3.83. The molecular formula is C8H16N2O. The molecule has 1 aliphatic rings. The first kappa shape index (κ1) is 8.24. The molecule has 11 heavy (non-hydrogen) atoms. The Kier molecular flexibility index (Phi) is 1.98. The second kappa shape index (κ2) is 2.64. The topological polar surface area (TPSA) is 44.3 Å². The molecule has 64 valence electrons. The Hall–Kier alpha value is -0.860. The van der Waals surface area contributed by atoms with Crippen molar-refractivity contribution < 1.29 is 5.11 Å². The fraction of sp³-hybridized carbons (Fsp3) is 0.750.